The molecule has 0 saturated heterocycles. The van der Waals surface area contributed by atoms with Gasteiger partial charge in [-0.1, -0.05) is 23.7 Å². The summed E-state index contributed by atoms with van der Waals surface area (Å²) in [6.45, 7) is 0. The summed E-state index contributed by atoms with van der Waals surface area (Å²) in [4.78, 5) is 10.2. The molecule has 1 rings (SSSR count). The van der Waals surface area contributed by atoms with Gasteiger partial charge in [-0.3, -0.25) is 0 Å². The lowest BCUT2D eigenvalue weighted by Crippen LogP contribution is -1.89. The molecule has 15 heavy (non-hydrogen) atoms. The molecule has 3 nitrogen and oxygen atoms in total. The van der Waals surface area contributed by atoms with Gasteiger partial charge in [0.1, 0.15) is 5.75 Å². The summed E-state index contributed by atoms with van der Waals surface area (Å²) >= 11 is 5.96. The van der Waals surface area contributed by atoms with E-state index in [0.29, 0.717) is 17.2 Å². The fourth-order valence-electron chi connectivity index (χ4n) is 1.11. The predicted octanol–water partition coefficient (Wildman–Crippen LogP) is 2.53. The first-order valence-corrected chi connectivity index (χ1v) is 4.73. The summed E-state index contributed by atoms with van der Waals surface area (Å²) in [5.74, 6) is -0.273. The number of allylic oxidation sites excluding steroid dienone is 1. The molecule has 1 aromatic carbocycles. The molecule has 0 spiro atoms. The molecule has 0 bridgehead atoms. The van der Waals surface area contributed by atoms with Crippen LogP contribution in [0, 0.1) is 0 Å². The predicted molar refractivity (Wildman–Crippen MR) is 58.5 cm³/mol. The van der Waals surface area contributed by atoms with Crippen LogP contribution < -0.4 is 4.74 Å². The first-order chi connectivity index (χ1) is 7.13. The van der Waals surface area contributed by atoms with E-state index < -0.39 is 5.97 Å². The zero-order chi connectivity index (χ0) is 11.3. The van der Waals surface area contributed by atoms with Crippen molar-refractivity contribution in [2.75, 3.05) is 7.11 Å². The molecule has 0 aliphatic heterocycles. The number of ether oxygens (including phenoxy) is 1. The van der Waals surface area contributed by atoms with Crippen molar-refractivity contribution in [1.29, 1.82) is 0 Å². The van der Waals surface area contributed by atoms with E-state index in [0.717, 1.165) is 11.6 Å². The number of hydrogen-bond donors (Lipinski definition) is 1. The lowest BCUT2D eigenvalue weighted by Gasteiger charge is -2.03. The second-order valence-corrected chi connectivity index (χ2v) is 3.31. The van der Waals surface area contributed by atoms with Gasteiger partial charge < -0.3 is 9.84 Å². The van der Waals surface area contributed by atoms with Gasteiger partial charge in [-0.25, -0.2) is 4.79 Å². The highest BCUT2D eigenvalue weighted by molar-refractivity contribution is 6.31. The molecule has 0 atom stereocenters. The van der Waals surface area contributed by atoms with Crippen LogP contribution in [0.15, 0.2) is 30.4 Å². The summed E-state index contributed by atoms with van der Waals surface area (Å²) in [5.41, 5.74) is 0.870. The molecule has 4 heteroatoms. The molecule has 0 radical (unpaired) electrons. The van der Waals surface area contributed by atoms with Crippen LogP contribution in [-0.2, 0) is 11.2 Å². The minimum Gasteiger partial charge on any atom is -0.497 e. The second-order valence-electron chi connectivity index (χ2n) is 2.90. The van der Waals surface area contributed by atoms with E-state index in [1.165, 1.54) is 0 Å². The Morgan fingerprint density at radius 3 is 2.87 bits per heavy atom. The zero-order valence-electron chi connectivity index (χ0n) is 8.24. The van der Waals surface area contributed by atoms with Crippen molar-refractivity contribution in [3.05, 3.63) is 40.9 Å². The lowest BCUT2D eigenvalue weighted by molar-refractivity contribution is -0.131. The van der Waals surface area contributed by atoms with Crippen LogP contribution in [0.1, 0.15) is 5.56 Å². The molecule has 0 unspecified atom stereocenters. The van der Waals surface area contributed by atoms with Crippen LogP contribution in [0.25, 0.3) is 0 Å². The quantitative estimate of drug-likeness (QED) is 0.803. The number of hydrogen-bond acceptors (Lipinski definition) is 2. The highest BCUT2D eigenvalue weighted by Gasteiger charge is 2.00. The van der Waals surface area contributed by atoms with Gasteiger partial charge in [0.25, 0.3) is 0 Å². The molecule has 0 aromatic heterocycles. The fourth-order valence-corrected chi connectivity index (χ4v) is 1.35. The standard InChI is InChI=1S/C11H11ClO3/c1-15-9-6-5-8(10(12)7-9)3-2-4-11(13)14/h2,4-7H,3H2,1H3,(H,13,14)/b4-2+. The first-order valence-electron chi connectivity index (χ1n) is 4.35. The molecule has 1 N–H and O–H groups in total. The Kier molecular flexibility index (Phi) is 4.18. The van der Waals surface area contributed by atoms with E-state index in [4.69, 9.17) is 21.4 Å². The summed E-state index contributed by atoms with van der Waals surface area (Å²) in [6, 6.07) is 5.30. The Morgan fingerprint density at radius 2 is 2.33 bits per heavy atom. The van der Waals surface area contributed by atoms with Crippen molar-refractivity contribution >= 4 is 17.6 Å². The summed E-state index contributed by atoms with van der Waals surface area (Å²) in [5, 5.41) is 8.98. The smallest absolute Gasteiger partial charge is 0.327 e. The molecule has 0 aliphatic carbocycles. The topological polar surface area (TPSA) is 46.5 Å². The van der Waals surface area contributed by atoms with Gasteiger partial charge in [0, 0.05) is 11.1 Å². The van der Waals surface area contributed by atoms with E-state index in [1.807, 2.05) is 6.07 Å². The van der Waals surface area contributed by atoms with Crippen LogP contribution >= 0.6 is 11.6 Å². The Bertz CT molecular complexity index is 385. The van der Waals surface area contributed by atoms with E-state index in [-0.39, 0.29) is 0 Å². The number of carboxylic acid groups (broad SMARTS) is 1. The van der Waals surface area contributed by atoms with Crippen LogP contribution in [0.5, 0.6) is 5.75 Å². The van der Waals surface area contributed by atoms with E-state index in [1.54, 1.807) is 25.3 Å². The number of carbonyl (C=O) groups is 1. The minimum atomic E-state index is -0.959. The van der Waals surface area contributed by atoms with Crippen molar-refractivity contribution in [2.24, 2.45) is 0 Å². The average Bonchev–Trinajstić information content (AvgIpc) is 2.20. The highest BCUT2D eigenvalue weighted by atomic mass is 35.5. The maximum atomic E-state index is 10.2. The zero-order valence-corrected chi connectivity index (χ0v) is 8.99. The molecule has 0 amide bonds. The van der Waals surface area contributed by atoms with Crippen molar-refractivity contribution < 1.29 is 14.6 Å². The summed E-state index contributed by atoms with van der Waals surface area (Å²) < 4.78 is 5.00. The van der Waals surface area contributed by atoms with E-state index in [9.17, 15) is 4.79 Å². The fraction of sp³-hybridized carbons (Fsp3) is 0.182. The van der Waals surface area contributed by atoms with Crippen molar-refractivity contribution in [1.82, 2.24) is 0 Å². The maximum Gasteiger partial charge on any atom is 0.327 e. The summed E-state index contributed by atoms with van der Waals surface area (Å²) in [6.07, 6.45) is 3.14. The normalized spacial score (nSPS) is 10.5. The van der Waals surface area contributed by atoms with E-state index in [2.05, 4.69) is 0 Å². The Balaban J connectivity index is 2.74. The van der Waals surface area contributed by atoms with Crippen molar-refractivity contribution in [3.63, 3.8) is 0 Å². The second kappa shape index (κ2) is 5.41. The van der Waals surface area contributed by atoms with Crippen LogP contribution in [0.2, 0.25) is 5.02 Å². The number of benzene rings is 1. The number of halogens is 1. The van der Waals surface area contributed by atoms with Crippen LogP contribution in [-0.4, -0.2) is 18.2 Å². The van der Waals surface area contributed by atoms with Gasteiger partial charge in [0.05, 0.1) is 7.11 Å². The lowest BCUT2D eigenvalue weighted by atomic mass is 10.1. The minimum absolute atomic E-state index is 0.495. The molecular formula is C11H11ClO3. The monoisotopic (exact) mass is 226 g/mol. The largest absolute Gasteiger partial charge is 0.497 e. The molecule has 0 fully saturated rings. The van der Waals surface area contributed by atoms with Crippen molar-refractivity contribution in [2.45, 2.75) is 6.42 Å². The SMILES string of the molecule is COc1ccc(C/C=C/C(=O)O)c(Cl)c1. The third-order valence-electron chi connectivity index (χ3n) is 1.86. The Morgan fingerprint density at radius 1 is 1.60 bits per heavy atom. The molecule has 1 aromatic rings. The van der Waals surface area contributed by atoms with Gasteiger partial charge in [-0.2, -0.15) is 0 Å². The molecule has 0 heterocycles. The average molecular weight is 227 g/mol. The third-order valence-corrected chi connectivity index (χ3v) is 2.21. The highest BCUT2D eigenvalue weighted by Crippen LogP contribution is 2.22. The third kappa shape index (κ3) is 3.64. The van der Waals surface area contributed by atoms with Gasteiger partial charge in [0.2, 0.25) is 0 Å². The van der Waals surface area contributed by atoms with Crippen LogP contribution in [0.3, 0.4) is 0 Å². The first kappa shape index (κ1) is 11.6. The molecule has 0 aliphatic rings. The molecular weight excluding hydrogens is 216 g/mol. The number of methoxy groups -OCH3 is 1. The number of aliphatic carboxylic acids is 1. The van der Waals surface area contributed by atoms with Gasteiger partial charge in [-0.05, 0) is 24.1 Å². The number of rotatable bonds is 4. The van der Waals surface area contributed by atoms with Crippen LogP contribution in [0.4, 0.5) is 0 Å². The Labute approximate surface area is 92.9 Å². The Hall–Kier alpha value is -1.48. The molecule has 0 saturated carbocycles. The van der Waals surface area contributed by atoms with Gasteiger partial charge in [0.15, 0.2) is 0 Å². The number of carboxylic acids is 1. The molecule has 80 valence electrons. The summed E-state index contributed by atoms with van der Waals surface area (Å²) in [7, 11) is 1.57. The van der Waals surface area contributed by atoms with Gasteiger partial charge >= 0.3 is 5.97 Å². The van der Waals surface area contributed by atoms with Gasteiger partial charge in [-0.15, -0.1) is 0 Å². The maximum absolute atomic E-state index is 10.2. The van der Waals surface area contributed by atoms with Crippen molar-refractivity contribution in [3.8, 4) is 5.75 Å². The van der Waals surface area contributed by atoms with E-state index >= 15 is 0 Å².